The number of benzene rings is 1. The molecule has 0 unspecified atom stereocenters. The predicted molar refractivity (Wildman–Crippen MR) is 65.0 cm³/mol. The largest absolute Gasteiger partial charge is 0.416 e. The molecule has 0 saturated carbocycles. The highest BCUT2D eigenvalue weighted by Gasteiger charge is 2.32. The second kappa shape index (κ2) is 4.98. The summed E-state index contributed by atoms with van der Waals surface area (Å²) in [5, 5.41) is 10.1. The first-order valence-electron chi connectivity index (χ1n) is 5.38. The molecule has 1 aromatic carbocycles. The zero-order valence-corrected chi connectivity index (χ0v) is 10.3. The van der Waals surface area contributed by atoms with Crippen LogP contribution in [0.5, 0.6) is 0 Å². The van der Waals surface area contributed by atoms with Crippen LogP contribution in [0.15, 0.2) is 48.6 Å². The molecule has 1 atom stereocenters. The first kappa shape index (κ1) is 14.5. The van der Waals surface area contributed by atoms with Gasteiger partial charge in [0.2, 0.25) is 0 Å². The van der Waals surface area contributed by atoms with Gasteiger partial charge in [0.25, 0.3) is 0 Å². The molecular formula is C14H15F3O. The first-order chi connectivity index (χ1) is 8.13. The minimum absolute atomic E-state index is 0.190. The molecule has 1 nitrogen and oxygen atoms in total. The van der Waals surface area contributed by atoms with Crippen LogP contribution in [0.25, 0.3) is 0 Å². The van der Waals surface area contributed by atoms with Gasteiger partial charge in [-0.2, -0.15) is 13.2 Å². The van der Waals surface area contributed by atoms with E-state index in [4.69, 9.17) is 0 Å². The Labute approximate surface area is 104 Å². The van der Waals surface area contributed by atoms with E-state index < -0.39 is 17.3 Å². The van der Waals surface area contributed by atoms with Crippen LogP contribution in [-0.4, -0.2) is 5.11 Å². The normalized spacial score (nSPS) is 15.7. The van der Waals surface area contributed by atoms with E-state index in [0.717, 1.165) is 12.1 Å². The Hall–Kier alpha value is -1.55. The van der Waals surface area contributed by atoms with Crippen molar-refractivity contribution >= 4 is 0 Å². The molecule has 0 saturated heterocycles. The van der Waals surface area contributed by atoms with E-state index in [-0.39, 0.29) is 5.56 Å². The molecule has 0 fully saturated rings. The van der Waals surface area contributed by atoms with Gasteiger partial charge in [-0.05, 0) is 37.6 Å². The SMILES string of the molecule is C=C(C)/C=C/[C@](C)(O)c1cccc(C(F)(F)F)c1. The van der Waals surface area contributed by atoms with E-state index in [1.807, 2.05) is 0 Å². The Morgan fingerprint density at radius 3 is 2.33 bits per heavy atom. The van der Waals surface area contributed by atoms with Gasteiger partial charge in [0.05, 0.1) is 5.56 Å². The van der Waals surface area contributed by atoms with Gasteiger partial charge in [-0.1, -0.05) is 30.4 Å². The average Bonchev–Trinajstić information content (AvgIpc) is 2.26. The molecule has 0 aliphatic rings. The third-order valence-corrected chi connectivity index (χ3v) is 2.47. The maximum Gasteiger partial charge on any atom is 0.416 e. The van der Waals surface area contributed by atoms with Crippen LogP contribution in [0.4, 0.5) is 13.2 Å². The Morgan fingerprint density at radius 1 is 1.28 bits per heavy atom. The molecule has 0 aliphatic heterocycles. The number of hydrogen-bond donors (Lipinski definition) is 1. The monoisotopic (exact) mass is 256 g/mol. The van der Waals surface area contributed by atoms with Crippen LogP contribution in [0.1, 0.15) is 25.0 Å². The molecule has 4 heteroatoms. The lowest BCUT2D eigenvalue weighted by Crippen LogP contribution is -2.19. The first-order valence-corrected chi connectivity index (χ1v) is 5.38. The Kier molecular flexibility index (Phi) is 4.02. The molecule has 0 bridgehead atoms. The summed E-state index contributed by atoms with van der Waals surface area (Å²) in [7, 11) is 0. The molecule has 0 aliphatic carbocycles. The van der Waals surface area contributed by atoms with Crippen molar-refractivity contribution in [1.29, 1.82) is 0 Å². The summed E-state index contributed by atoms with van der Waals surface area (Å²) in [6, 6.07) is 4.66. The minimum Gasteiger partial charge on any atom is -0.381 e. The van der Waals surface area contributed by atoms with E-state index in [1.54, 1.807) is 13.0 Å². The summed E-state index contributed by atoms with van der Waals surface area (Å²) in [5.41, 5.74) is -1.33. The molecule has 0 amide bonds. The second-order valence-corrected chi connectivity index (χ2v) is 4.41. The molecule has 0 aromatic heterocycles. The quantitative estimate of drug-likeness (QED) is 0.809. The smallest absolute Gasteiger partial charge is 0.381 e. The van der Waals surface area contributed by atoms with Crippen molar-refractivity contribution in [1.82, 2.24) is 0 Å². The molecule has 1 aromatic rings. The third kappa shape index (κ3) is 3.74. The Balaban J connectivity index is 3.13. The topological polar surface area (TPSA) is 20.2 Å². The maximum absolute atomic E-state index is 12.6. The summed E-state index contributed by atoms with van der Waals surface area (Å²) >= 11 is 0. The zero-order chi connectivity index (χ0) is 14.0. The van der Waals surface area contributed by atoms with Gasteiger partial charge >= 0.3 is 6.18 Å². The van der Waals surface area contributed by atoms with Crippen molar-refractivity contribution in [2.45, 2.75) is 25.6 Å². The predicted octanol–water partition coefficient (Wildman–Crippen LogP) is 4.05. The van der Waals surface area contributed by atoms with Crippen molar-refractivity contribution in [3.63, 3.8) is 0 Å². The molecule has 1 rings (SSSR count). The number of hydrogen-bond acceptors (Lipinski definition) is 1. The number of alkyl halides is 3. The van der Waals surface area contributed by atoms with Gasteiger partial charge in [0.15, 0.2) is 0 Å². The minimum atomic E-state index is -4.41. The zero-order valence-electron chi connectivity index (χ0n) is 10.3. The van der Waals surface area contributed by atoms with E-state index in [2.05, 4.69) is 6.58 Å². The number of allylic oxidation sites excluding steroid dienone is 2. The summed E-state index contributed by atoms with van der Waals surface area (Å²) in [4.78, 5) is 0. The summed E-state index contributed by atoms with van der Waals surface area (Å²) in [6.07, 6.45) is -1.42. The Morgan fingerprint density at radius 2 is 1.83 bits per heavy atom. The lowest BCUT2D eigenvalue weighted by Gasteiger charge is -2.21. The van der Waals surface area contributed by atoms with Crippen LogP contribution >= 0.6 is 0 Å². The highest BCUT2D eigenvalue weighted by atomic mass is 19.4. The highest BCUT2D eigenvalue weighted by molar-refractivity contribution is 5.33. The molecular weight excluding hydrogens is 241 g/mol. The standard InChI is InChI=1S/C14H15F3O/c1-10(2)7-8-13(3,18)11-5-4-6-12(9-11)14(15,16)17/h4-9,18H,1H2,2-3H3/b8-7+/t13-/m0/s1. The fourth-order valence-electron chi connectivity index (χ4n) is 1.41. The van der Waals surface area contributed by atoms with Gasteiger partial charge in [-0.25, -0.2) is 0 Å². The summed E-state index contributed by atoms with van der Waals surface area (Å²) in [5.74, 6) is 0. The van der Waals surface area contributed by atoms with E-state index in [9.17, 15) is 18.3 Å². The highest BCUT2D eigenvalue weighted by Crippen LogP contribution is 2.32. The van der Waals surface area contributed by atoms with E-state index >= 15 is 0 Å². The molecule has 1 N–H and O–H groups in total. The number of aliphatic hydroxyl groups is 1. The third-order valence-electron chi connectivity index (χ3n) is 2.47. The Bertz CT molecular complexity index is 470. The average molecular weight is 256 g/mol. The fourth-order valence-corrected chi connectivity index (χ4v) is 1.41. The maximum atomic E-state index is 12.6. The number of halogens is 3. The molecule has 0 spiro atoms. The van der Waals surface area contributed by atoms with Crippen molar-refractivity contribution < 1.29 is 18.3 Å². The van der Waals surface area contributed by atoms with Gasteiger partial charge < -0.3 is 5.11 Å². The van der Waals surface area contributed by atoms with Crippen LogP contribution in [-0.2, 0) is 11.8 Å². The van der Waals surface area contributed by atoms with Gasteiger partial charge in [-0.3, -0.25) is 0 Å². The van der Waals surface area contributed by atoms with Gasteiger partial charge in [0.1, 0.15) is 5.60 Å². The molecule has 18 heavy (non-hydrogen) atoms. The van der Waals surface area contributed by atoms with E-state index in [0.29, 0.717) is 5.57 Å². The molecule has 0 radical (unpaired) electrons. The lowest BCUT2D eigenvalue weighted by atomic mass is 9.93. The van der Waals surface area contributed by atoms with Gasteiger partial charge in [0, 0.05) is 0 Å². The van der Waals surface area contributed by atoms with Crippen molar-refractivity contribution in [3.05, 3.63) is 59.7 Å². The van der Waals surface area contributed by atoms with E-state index in [1.165, 1.54) is 25.1 Å². The van der Waals surface area contributed by atoms with Crippen LogP contribution in [0.2, 0.25) is 0 Å². The van der Waals surface area contributed by atoms with Crippen molar-refractivity contribution in [3.8, 4) is 0 Å². The summed E-state index contributed by atoms with van der Waals surface area (Å²) in [6.45, 7) is 6.80. The van der Waals surface area contributed by atoms with Crippen LogP contribution in [0.3, 0.4) is 0 Å². The van der Waals surface area contributed by atoms with Gasteiger partial charge in [-0.15, -0.1) is 0 Å². The molecule has 0 heterocycles. The van der Waals surface area contributed by atoms with Crippen LogP contribution < -0.4 is 0 Å². The molecule has 98 valence electrons. The summed E-state index contributed by atoms with van der Waals surface area (Å²) < 4.78 is 37.7. The van der Waals surface area contributed by atoms with Crippen molar-refractivity contribution in [2.24, 2.45) is 0 Å². The second-order valence-electron chi connectivity index (χ2n) is 4.41. The number of rotatable bonds is 3. The fraction of sp³-hybridized carbons (Fsp3) is 0.286. The van der Waals surface area contributed by atoms with Crippen molar-refractivity contribution in [2.75, 3.05) is 0 Å². The van der Waals surface area contributed by atoms with Crippen LogP contribution in [0, 0.1) is 0 Å². The lowest BCUT2D eigenvalue weighted by molar-refractivity contribution is -0.137.